The molecule has 0 bridgehead atoms. The van der Waals surface area contributed by atoms with Crippen LogP contribution in [0.4, 0.5) is 5.82 Å². The average molecular weight is 298 g/mol. The van der Waals surface area contributed by atoms with Crippen molar-refractivity contribution in [2.24, 2.45) is 0 Å². The molecule has 0 aromatic carbocycles. The third kappa shape index (κ3) is 2.23. The Bertz CT molecular complexity index is 771. The highest BCUT2D eigenvalue weighted by Gasteiger charge is 2.23. The molecule has 4 rings (SSSR count). The summed E-state index contributed by atoms with van der Waals surface area (Å²) < 4.78 is 7.66. The van der Waals surface area contributed by atoms with Gasteiger partial charge >= 0.3 is 0 Å². The van der Waals surface area contributed by atoms with E-state index in [4.69, 9.17) is 9.84 Å². The predicted octanol–water partition coefficient (Wildman–Crippen LogP) is 1.73. The minimum Gasteiger partial charge on any atom is -0.372 e. The van der Waals surface area contributed by atoms with Crippen LogP contribution in [0.5, 0.6) is 0 Å². The molecule has 3 aromatic heterocycles. The molecule has 0 aliphatic carbocycles. The monoisotopic (exact) mass is 298 g/mol. The van der Waals surface area contributed by atoms with Crippen LogP contribution in [0.1, 0.15) is 13.8 Å². The summed E-state index contributed by atoms with van der Waals surface area (Å²) in [5.41, 5.74) is 2.73. The Hall–Kier alpha value is -2.41. The molecule has 0 spiro atoms. The van der Waals surface area contributed by atoms with Gasteiger partial charge in [0.2, 0.25) is 0 Å². The largest absolute Gasteiger partial charge is 0.372 e. The van der Waals surface area contributed by atoms with Crippen molar-refractivity contribution in [3.63, 3.8) is 0 Å². The minimum absolute atomic E-state index is 0.206. The summed E-state index contributed by atoms with van der Waals surface area (Å²) in [6.07, 6.45) is 5.85. The smallest absolute Gasteiger partial charge is 0.154 e. The van der Waals surface area contributed by atoms with Crippen molar-refractivity contribution in [1.82, 2.24) is 24.8 Å². The number of nitrogens with one attached hydrogen (secondary N) is 1. The van der Waals surface area contributed by atoms with Crippen molar-refractivity contribution < 1.29 is 4.74 Å². The molecule has 1 N–H and O–H groups in total. The Kier molecular flexibility index (Phi) is 3.07. The van der Waals surface area contributed by atoms with Crippen LogP contribution in [-0.4, -0.2) is 50.1 Å². The van der Waals surface area contributed by atoms with Gasteiger partial charge in [-0.25, -0.2) is 9.50 Å². The van der Waals surface area contributed by atoms with Gasteiger partial charge in [-0.05, 0) is 26.0 Å². The second kappa shape index (κ2) is 5.10. The maximum Gasteiger partial charge on any atom is 0.154 e. The van der Waals surface area contributed by atoms with Gasteiger partial charge in [0.25, 0.3) is 0 Å². The third-order valence-electron chi connectivity index (χ3n) is 3.89. The van der Waals surface area contributed by atoms with Gasteiger partial charge in [-0.1, -0.05) is 0 Å². The molecule has 4 heterocycles. The summed E-state index contributed by atoms with van der Waals surface area (Å²) in [5, 5.41) is 11.6. The SMILES string of the molecule is C[C@H]1CN(c2ccc3ncc(-c4cn[nH]c4)n3n2)C[C@H](C)O1. The van der Waals surface area contributed by atoms with Crippen molar-refractivity contribution in [2.75, 3.05) is 18.0 Å². The maximum absolute atomic E-state index is 5.79. The molecule has 0 radical (unpaired) electrons. The fourth-order valence-electron chi connectivity index (χ4n) is 2.99. The number of ether oxygens (including phenoxy) is 1. The molecule has 1 saturated heterocycles. The van der Waals surface area contributed by atoms with E-state index in [0.29, 0.717) is 0 Å². The van der Waals surface area contributed by atoms with Gasteiger partial charge in [0.05, 0.1) is 30.3 Å². The number of nitrogens with zero attached hydrogens (tertiary/aromatic N) is 5. The normalized spacial score (nSPS) is 22.4. The Morgan fingerprint density at radius 3 is 2.73 bits per heavy atom. The molecular formula is C15H18N6O. The summed E-state index contributed by atoms with van der Waals surface area (Å²) >= 11 is 0. The summed E-state index contributed by atoms with van der Waals surface area (Å²) in [6.45, 7) is 5.88. The van der Waals surface area contributed by atoms with Gasteiger partial charge in [-0.15, -0.1) is 5.10 Å². The van der Waals surface area contributed by atoms with Crippen LogP contribution in [0.3, 0.4) is 0 Å². The highest BCUT2D eigenvalue weighted by molar-refractivity contribution is 5.62. The van der Waals surface area contributed by atoms with Crippen LogP contribution in [0.25, 0.3) is 16.9 Å². The number of morpholine rings is 1. The molecule has 1 aliphatic rings. The first-order valence-corrected chi connectivity index (χ1v) is 7.45. The van der Waals surface area contributed by atoms with E-state index in [1.165, 1.54) is 0 Å². The summed E-state index contributed by atoms with van der Waals surface area (Å²) in [5.74, 6) is 0.942. The number of rotatable bonds is 2. The minimum atomic E-state index is 0.206. The van der Waals surface area contributed by atoms with Crippen molar-refractivity contribution in [3.8, 4) is 11.3 Å². The molecule has 1 aliphatic heterocycles. The van der Waals surface area contributed by atoms with Gasteiger partial charge < -0.3 is 9.64 Å². The lowest BCUT2D eigenvalue weighted by Gasteiger charge is -2.35. The van der Waals surface area contributed by atoms with Crippen LogP contribution in [-0.2, 0) is 4.74 Å². The number of aromatic amines is 1. The molecule has 0 saturated carbocycles. The van der Waals surface area contributed by atoms with Crippen LogP contribution < -0.4 is 4.90 Å². The van der Waals surface area contributed by atoms with Crippen LogP contribution in [0.2, 0.25) is 0 Å². The Morgan fingerprint density at radius 1 is 1.18 bits per heavy atom. The van der Waals surface area contributed by atoms with Gasteiger partial charge in [0.15, 0.2) is 5.65 Å². The van der Waals surface area contributed by atoms with Crippen molar-refractivity contribution in [3.05, 3.63) is 30.7 Å². The van der Waals surface area contributed by atoms with Gasteiger partial charge in [-0.2, -0.15) is 5.10 Å². The number of anilines is 1. The zero-order chi connectivity index (χ0) is 15.1. The zero-order valence-corrected chi connectivity index (χ0v) is 12.6. The predicted molar refractivity (Wildman–Crippen MR) is 82.8 cm³/mol. The van der Waals surface area contributed by atoms with E-state index in [-0.39, 0.29) is 12.2 Å². The Labute approximate surface area is 127 Å². The van der Waals surface area contributed by atoms with E-state index in [2.05, 4.69) is 33.9 Å². The summed E-state index contributed by atoms with van der Waals surface area (Å²) in [4.78, 5) is 6.67. The zero-order valence-electron chi connectivity index (χ0n) is 12.6. The van der Waals surface area contributed by atoms with Crippen molar-refractivity contribution in [2.45, 2.75) is 26.1 Å². The number of hydrogen-bond acceptors (Lipinski definition) is 5. The average Bonchev–Trinajstić information content (AvgIpc) is 3.14. The highest BCUT2D eigenvalue weighted by Crippen LogP contribution is 2.22. The lowest BCUT2D eigenvalue weighted by Crippen LogP contribution is -2.46. The topological polar surface area (TPSA) is 71.3 Å². The fraction of sp³-hybridized carbons (Fsp3) is 0.400. The molecule has 22 heavy (non-hydrogen) atoms. The molecular weight excluding hydrogens is 280 g/mol. The lowest BCUT2D eigenvalue weighted by atomic mass is 10.2. The number of fused-ring (bicyclic) bond motifs is 1. The van der Waals surface area contributed by atoms with Gasteiger partial charge in [0, 0.05) is 24.8 Å². The number of hydrogen-bond donors (Lipinski definition) is 1. The van der Waals surface area contributed by atoms with Crippen LogP contribution in [0, 0.1) is 0 Å². The molecule has 0 amide bonds. The summed E-state index contributed by atoms with van der Waals surface area (Å²) in [7, 11) is 0. The maximum atomic E-state index is 5.79. The fourth-order valence-corrected chi connectivity index (χ4v) is 2.99. The highest BCUT2D eigenvalue weighted by atomic mass is 16.5. The second-order valence-corrected chi connectivity index (χ2v) is 5.75. The molecule has 3 aromatic rings. The Balaban J connectivity index is 1.75. The molecule has 1 fully saturated rings. The van der Waals surface area contributed by atoms with Crippen LogP contribution in [0.15, 0.2) is 30.7 Å². The van der Waals surface area contributed by atoms with E-state index >= 15 is 0 Å². The first-order chi connectivity index (χ1) is 10.7. The molecule has 2 atom stereocenters. The van der Waals surface area contributed by atoms with Crippen molar-refractivity contribution >= 4 is 11.5 Å². The van der Waals surface area contributed by atoms with Gasteiger partial charge in [0.1, 0.15) is 5.82 Å². The molecule has 7 heteroatoms. The molecule has 0 unspecified atom stereocenters. The van der Waals surface area contributed by atoms with E-state index in [0.717, 1.165) is 35.8 Å². The molecule has 7 nitrogen and oxygen atoms in total. The summed E-state index contributed by atoms with van der Waals surface area (Å²) in [6, 6.07) is 4.02. The first kappa shape index (κ1) is 13.3. The Morgan fingerprint density at radius 2 is 2.00 bits per heavy atom. The van der Waals surface area contributed by atoms with E-state index < -0.39 is 0 Å². The van der Waals surface area contributed by atoms with Gasteiger partial charge in [-0.3, -0.25) is 5.10 Å². The molecule has 114 valence electrons. The van der Waals surface area contributed by atoms with E-state index in [9.17, 15) is 0 Å². The number of H-pyrrole nitrogens is 1. The second-order valence-electron chi connectivity index (χ2n) is 5.75. The lowest BCUT2D eigenvalue weighted by molar-refractivity contribution is -0.00551. The third-order valence-corrected chi connectivity index (χ3v) is 3.89. The van der Waals surface area contributed by atoms with E-state index in [1.54, 1.807) is 6.20 Å². The first-order valence-electron chi connectivity index (χ1n) is 7.45. The quantitative estimate of drug-likeness (QED) is 0.780. The number of imidazole rings is 1. The standard InChI is InChI=1S/C15H18N6O/c1-10-8-20(9-11(2)22-10)15-4-3-14-16-7-13(21(14)19-15)12-5-17-18-6-12/h3-7,10-11H,8-9H2,1-2H3,(H,17,18)/t10-,11-/m0/s1. The van der Waals surface area contributed by atoms with E-state index in [1.807, 2.05) is 29.0 Å². The van der Waals surface area contributed by atoms with Crippen molar-refractivity contribution in [1.29, 1.82) is 0 Å². The van der Waals surface area contributed by atoms with Crippen LogP contribution >= 0.6 is 0 Å². The number of aromatic nitrogens is 5.